The molecule has 0 aliphatic rings. The first-order valence-corrected chi connectivity index (χ1v) is 10.7. The zero-order valence-electron chi connectivity index (χ0n) is 18.7. The number of nitrogens with one attached hydrogen (secondary N) is 2. The molecule has 1 unspecified atom stereocenters. The number of benzene rings is 1. The predicted molar refractivity (Wildman–Crippen MR) is 123 cm³/mol. The average molecular weight is 455 g/mol. The van der Waals surface area contributed by atoms with Gasteiger partial charge in [-0.2, -0.15) is 4.39 Å². The first kappa shape index (κ1) is 23.8. The zero-order valence-corrected chi connectivity index (χ0v) is 18.7. The van der Waals surface area contributed by atoms with Crippen LogP contribution in [0.4, 0.5) is 10.1 Å². The fourth-order valence-corrected chi connectivity index (χ4v) is 3.57. The largest absolute Gasteiger partial charge is 0.352 e. The summed E-state index contributed by atoms with van der Waals surface area (Å²) in [5, 5.41) is 5.81. The highest BCUT2D eigenvalue weighted by atomic mass is 19.1. The van der Waals surface area contributed by atoms with Crippen LogP contribution in [-0.4, -0.2) is 32.5 Å². The van der Waals surface area contributed by atoms with Gasteiger partial charge in [-0.1, -0.05) is 6.92 Å². The summed E-state index contributed by atoms with van der Waals surface area (Å²) in [5.74, 6) is -1.53. The number of nitrogens with zero attached hydrogens (tertiary/aromatic N) is 3. The smallest absolute Gasteiger partial charge is 0.331 e. The average Bonchev–Trinajstić information content (AvgIpc) is 2.79. The summed E-state index contributed by atoms with van der Waals surface area (Å²) in [6, 6.07) is 7.30. The molecule has 9 nitrogen and oxygen atoms in total. The number of carbonyl (C=O) groups excluding carboxylic acids is 2. The number of anilines is 1. The van der Waals surface area contributed by atoms with Crippen LogP contribution < -0.4 is 21.9 Å². The van der Waals surface area contributed by atoms with Crippen LogP contribution in [0.15, 0.2) is 46.1 Å². The van der Waals surface area contributed by atoms with E-state index in [-0.39, 0.29) is 42.6 Å². The fraction of sp³-hybridized carbons (Fsp3) is 0.348. The van der Waals surface area contributed by atoms with E-state index in [1.165, 1.54) is 15.2 Å². The molecule has 1 aromatic carbocycles. The molecule has 0 spiro atoms. The molecule has 33 heavy (non-hydrogen) atoms. The van der Waals surface area contributed by atoms with Crippen LogP contribution in [0.2, 0.25) is 0 Å². The lowest BCUT2D eigenvalue weighted by Crippen LogP contribution is -2.39. The quantitative estimate of drug-likeness (QED) is 0.505. The number of aromatic nitrogens is 3. The normalized spacial score (nSPS) is 11.9. The number of aryl methyl sites for hydroxylation is 1. The van der Waals surface area contributed by atoms with Crippen molar-refractivity contribution in [3.05, 3.63) is 68.9 Å². The topological polar surface area (TPSA) is 115 Å². The number of fused-ring (bicyclic) bond motifs is 1. The van der Waals surface area contributed by atoms with Gasteiger partial charge in [0.05, 0.1) is 16.5 Å². The van der Waals surface area contributed by atoms with E-state index in [9.17, 15) is 23.6 Å². The maximum Gasteiger partial charge on any atom is 0.331 e. The molecule has 2 N–H and O–H groups in total. The molecule has 1 atom stereocenters. The second kappa shape index (κ2) is 10.2. The van der Waals surface area contributed by atoms with Gasteiger partial charge in [0.15, 0.2) is 0 Å². The third kappa shape index (κ3) is 5.33. The summed E-state index contributed by atoms with van der Waals surface area (Å²) in [6.45, 7) is 6.27. The minimum atomic E-state index is -0.670. The Morgan fingerprint density at radius 1 is 1.09 bits per heavy atom. The van der Waals surface area contributed by atoms with E-state index >= 15 is 0 Å². The lowest BCUT2D eigenvalue weighted by Gasteiger charge is -2.14. The highest BCUT2D eigenvalue weighted by molar-refractivity contribution is 5.94. The van der Waals surface area contributed by atoms with Crippen LogP contribution in [0.1, 0.15) is 37.6 Å². The van der Waals surface area contributed by atoms with E-state index < -0.39 is 17.4 Å². The van der Waals surface area contributed by atoms with E-state index in [0.29, 0.717) is 23.1 Å². The second-order valence-electron chi connectivity index (χ2n) is 7.75. The van der Waals surface area contributed by atoms with E-state index in [1.54, 1.807) is 25.1 Å². The Bertz CT molecular complexity index is 1300. The van der Waals surface area contributed by atoms with Crippen molar-refractivity contribution >= 4 is 28.4 Å². The van der Waals surface area contributed by atoms with Crippen molar-refractivity contribution in [1.82, 2.24) is 19.4 Å². The maximum atomic E-state index is 12.9. The summed E-state index contributed by atoms with van der Waals surface area (Å²) in [4.78, 5) is 53.2. The number of amides is 2. The molecule has 10 heteroatoms. The molecule has 0 aliphatic heterocycles. The van der Waals surface area contributed by atoms with Gasteiger partial charge in [-0.25, -0.2) is 9.78 Å². The van der Waals surface area contributed by atoms with Gasteiger partial charge in [0, 0.05) is 37.9 Å². The van der Waals surface area contributed by atoms with Crippen molar-refractivity contribution in [3.8, 4) is 0 Å². The van der Waals surface area contributed by atoms with Crippen LogP contribution in [0.3, 0.4) is 0 Å². The van der Waals surface area contributed by atoms with Crippen LogP contribution in [-0.2, 0) is 17.9 Å². The Balaban J connectivity index is 1.66. The van der Waals surface area contributed by atoms with Gasteiger partial charge >= 0.3 is 5.69 Å². The second-order valence-corrected chi connectivity index (χ2v) is 7.75. The molecule has 0 fully saturated rings. The molecule has 2 amide bonds. The van der Waals surface area contributed by atoms with E-state index in [0.717, 1.165) is 12.3 Å². The van der Waals surface area contributed by atoms with Crippen molar-refractivity contribution in [2.45, 2.75) is 40.3 Å². The lowest BCUT2D eigenvalue weighted by molar-refractivity contribution is -0.116. The monoisotopic (exact) mass is 455 g/mol. The number of halogens is 1. The number of hydrogen-bond donors (Lipinski definition) is 2. The maximum absolute atomic E-state index is 12.9. The molecule has 3 aromatic rings. The first-order chi connectivity index (χ1) is 15.7. The van der Waals surface area contributed by atoms with Gasteiger partial charge < -0.3 is 10.6 Å². The van der Waals surface area contributed by atoms with Crippen molar-refractivity contribution < 1.29 is 14.0 Å². The van der Waals surface area contributed by atoms with Crippen molar-refractivity contribution in [1.29, 1.82) is 0 Å². The van der Waals surface area contributed by atoms with Gasteiger partial charge in [-0.05, 0) is 50.1 Å². The molecule has 0 saturated heterocycles. The summed E-state index contributed by atoms with van der Waals surface area (Å²) in [6.07, 6.45) is 1.28. The SMILES string of the molecule is CCn1c(=O)c2cc(NC(=O)CC(C)CNC(=O)c3ccc(F)nc3)ccc2n(CC)c1=O. The van der Waals surface area contributed by atoms with Crippen LogP contribution in [0.5, 0.6) is 0 Å². The third-order valence-electron chi connectivity index (χ3n) is 5.28. The van der Waals surface area contributed by atoms with Crippen LogP contribution in [0, 0.1) is 11.9 Å². The van der Waals surface area contributed by atoms with Crippen molar-refractivity contribution in [2.75, 3.05) is 11.9 Å². The van der Waals surface area contributed by atoms with Gasteiger partial charge in [-0.15, -0.1) is 0 Å². The minimum absolute atomic E-state index is 0.133. The fourth-order valence-electron chi connectivity index (χ4n) is 3.57. The summed E-state index contributed by atoms with van der Waals surface area (Å²) in [5.41, 5.74) is 0.433. The highest BCUT2D eigenvalue weighted by Gasteiger charge is 2.15. The summed E-state index contributed by atoms with van der Waals surface area (Å²) in [7, 11) is 0. The number of carbonyl (C=O) groups is 2. The van der Waals surface area contributed by atoms with Gasteiger partial charge in [0.1, 0.15) is 0 Å². The van der Waals surface area contributed by atoms with Gasteiger partial charge in [0.25, 0.3) is 11.5 Å². The molecular weight excluding hydrogens is 429 g/mol. The molecule has 0 bridgehead atoms. The molecule has 2 heterocycles. The molecule has 3 rings (SSSR count). The molecule has 0 saturated carbocycles. The third-order valence-corrected chi connectivity index (χ3v) is 5.28. The predicted octanol–water partition coefficient (Wildman–Crippen LogP) is 2.13. The molecule has 2 aromatic heterocycles. The van der Waals surface area contributed by atoms with Crippen LogP contribution in [0.25, 0.3) is 10.9 Å². The minimum Gasteiger partial charge on any atom is -0.352 e. The molecule has 174 valence electrons. The molecular formula is C23H26FN5O4. The van der Waals surface area contributed by atoms with Crippen LogP contribution >= 0.6 is 0 Å². The lowest BCUT2D eigenvalue weighted by atomic mass is 10.1. The Morgan fingerprint density at radius 3 is 2.45 bits per heavy atom. The van der Waals surface area contributed by atoms with Crippen molar-refractivity contribution in [2.24, 2.45) is 5.92 Å². The van der Waals surface area contributed by atoms with E-state index in [1.807, 2.05) is 13.8 Å². The Kier molecular flexibility index (Phi) is 7.37. The Labute approximate surface area is 189 Å². The van der Waals surface area contributed by atoms with E-state index in [4.69, 9.17) is 0 Å². The van der Waals surface area contributed by atoms with Gasteiger partial charge in [-0.3, -0.25) is 23.5 Å². The Morgan fingerprint density at radius 2 is 1.82 bits per heavy atom. The Hall–Kier alpha value is -3.82. The summed E-state index contributed by atoms with van der Waals surface area (Å²) >= 11 is 0. The van der Waals surface area contributed by atoms with E-state index in [2.05, 4.69) is 15.6 Å². The standard InChI is InChI=1S/C23H26FN5O4/c1-4-28-18-8-7-16(11-17(18)22(32)29(5-2)23(28)33)27-20(30)10-14(3)12-26-21(31)15-6-9-19(24)25-13-15/h6-9,11,13-14H,4-5,10,12H2,1-3H3,(H,26,31)(H,27,30). The molecule has 0 radical (unpaired) electrons. The number of hydrogen-bond acceptors (Lipinski definition) is 5. The number of rotatable bonds is 8. The number of pyridine rings is 1. The highest BCUT2D eigenvalue weighted by Crippen LogP contribution is 2.16. The van der Waals surface area contributed by atoms with Crippen molar-refractivity contribution in [3.63, 3.8) is 0 Å². The van der Waals surface area contributed by atoms with Gasteiger partial charge in [0.2, 0.25) is 11.9 Å². The summed E-state index contributed by atoms with van der Waals surface area (Å²) < 4.78 is 15.6. The zero-order chi connectivity index (χ0) is 24.1. The molecule has 0 aliphatic carbocycles. The first-order valence-electron chi connectivity index (χ1n) is 10.7.